The molecule has 6 heteroatoms. The third-order valence-corrected chi connectivity index (χ3v) is 4.27. The van der Waals surface area contributed by atoms with Gasteiger partial charge in [0.05, 0.1) is 7.11 Å². The smallest absolute Gasteiger partial charge is 0.194 e. The maximum absolute atomic E-state index is 5.36. The van der Waals surface area contributed by atoms with Crippen LogP contribution in [-0.4, -0.2) is 24.1 Å². The van der Waals surface area contributed by atoms with Gasteiger partial charge in [0.25, 0.3) is 0 Å². The van der Waals surface area contributed by atoms with Gasteiger partial charge in [0, 0.05) is 16.4 Å². The van der Waals surface area contributed by atoms with Crippen LogP contribution in [0, 0.1) is 0 Å². The lowest BCUT2D eigenvalue weighted by Gasteiger charge is -2.11. The summed E-state index contributed by atoms with van der Waals surface area (Å²) < 4.78 is 6.39. The number of halogens is 1. The number of hydrogen-bond donors (Lipinski definition) is 1. The number of methoxy groups -OCH3 is 1. The molecule has 94 valence electrons. The first-order chi connectivity index (χ1) is 8.76. The monoisotopic (exact) mass is 325 g/mol. The van der Waals surface area contributed by atoms with Gasteiger partial charge in [-0.25, -0.2) is 9.97 Å². The van der Waals surface area contributed by atoms with E-state index in [0.717, 1.165) is 14.4 Å². The van der Waals surface area contributed by atoms with E-state index in [0.29, 0.717) is 11.6 Å². The van der Waals surface area contributed by atoms with E-state index in [1.165, 1.54) is 18.1 Å². The zero-order valence-electron chi connectivity index (χ0n) is 9.98. The van der Waals surface area contributed by atoms with Crippen molar-refractivity contribution in [1.29, 1.82) is 0 Å². The Balaban J connectivity index is 2.37. The number of benzene rings is 1. The van der Waals surface area contributed by atoms with E-state index in [-0.39, 0.29) is 0 Å². The molecule has 0 radical (unpaired) electrons. The molecule has 1 N–H and O–H groups in total. The molecule has 1 heterocycles. The Morgan fingerprint density at radius 1 is 1.28 bits per heavy atom. The molecule has 1 aromatic carbocycles. The molecular formula is C12H12BrN3OS. The van der Waals surface area contributed by atoms with E-state index >= 15 is 0 Å². The molecule has 0 bridgehead atoms. The van der Waals surface area contributed by atoms with Gasteiger partial charge in [0.15, 0.2) is 11.6 Å². The van der Waals surface area contributed by atoms with Crippen molar-refractivity contribution in [2.75, 3.05) is 19.5 Å². The standard InChI is InChI=1S/C12H12BrN3OS/c1-14-11-10(17-2)12(16-7-15-11)18-9-6-4-3-5-8(9)13/h3-7H,1-2H3,(H,14,15,16). The summed E-state index contributed by atoms with van der Waals surface area (Å²) in [5.41, 5.74) is 0. The fraction of sp³-hybridized carbons (Fsp3) is 0.167. The Hall–Kier alpha value is -1.27. The highest BCUT2D eigenvalue weighted by molar-refractivity contribution is 9.10. The van der Waals surface area contributed by atoms with Crippen LogP contribution in [0.5, 0.6) is 5.75 Å². The molecule has 0 amide bonds. The molecule has 0 unspecified atom stereocenters. The van der Waals surface area contributed by atoms with Crippen LogP contribution >= 0.6 is 27.7 Å². The SMILES string of the molecule is CNc1ncnc(Sc2ccccc2Br)c1OC. The maximum Gasteiger partial charge on any atom is 0.194 e. The topological polar surface area (TPSA) is 47.0 Å². The van der Waals surface area contributed by atoms with Crippen LogP contribution in [0.1, 0.15) is 0 Å². The lowest BCUT2D eigenvalue weighted by Crippen LogP contribution is -1.99. The minimum atomic E-state index is 0.653. The van der Waals surface area contributed by atoms with Crippen LogP contribution < -0.4 is 10.1 Å². The normalized spacial score (nSPS) is 10.2. The molecule has 0 atom stereocenters. The van der Waals surface area contributed by atoms with E-state index in [1.54, 1.807) is 14.2 Å². The fourth-order valence-corrected chi connectivity index (χ4v) is 2.84. The second-order valence-corrected chi connectivity index (χ2v) is 5.23. The highest BCUT2D eigenvalue weighted by atomic mass is 79.9. The third kappa shape index (κ3) is 2.76. The lowest BCUT2D eigenvalue weighted by molar-refractivity contribution is 0.400. The number of ether oxygens (including phenoxy) is 1. The Morgan fingerprint density at radius 2 is 2.06 bits per heavy atom. The molecular weight excluding hydrogens is 314 g/mol. The Labute approximate surface area is 118 Å². The first-order valence-electron chi connectivity index (χ1n) is 5.25. The van der Waals surface area contributed by atoms with Gasteiger partial charge in [-0.1, -0.05) is 23.9 Å². The van der Waals surface area contributed by atoms with Crippen molar-refractivity contribution in [2.24, 2.45) is 0 Å². The summed E-state index contributed by atoms with van der Waals surface area (Å²) in [7, 11) is 3.42. The van der Waals surface area contributed by atoms with Gasteiger partial charge in [-0.05, 0) is 28.1 Å². The number of hydrogen-bond acceptors (Lipinski definition) is 5. The summed E-state index contributed by atoms with van der Waals surface area (Å²) in [4.78, 5) is 9.46. The van der Waals surface area contributed by atoms with Gasteiger partial charge < -0.3 is 10.1 Å². The van der Waals surface area contributed by atoms with Gasteiger partial charge in [0.2, 0.25) is 0 Å². The zero-order valence-corrected chi connectivity index (χ0v) is 12.4. The second-order valence-electron chi connectivity index (χ2n) is 3.34. The van der Waals surface area contributed by atoms with Crippen LogP contribution in [0.4, 0.5) is 5.82 Å². The van der Waals surface area contributed by atoms with Gasteiger partial charge in [0.1, 0.15) is 11.4 Å². The summed E-state index contributed by atoms with van der Waals surface area (Å²) >= 11 is 5.05. The molecule has 18 heavy (non-hydrogen) atoms. The minimum absolute atomic E-state index is 0.653. The van der Waals surface area contributed by atoms with Crippen LogP contribution in [0.3, 0.4) is 0 Å². The predicted octanol–water partition coefficient (Wildman–Crippen LogP) is 3.44. The Morgan fingerprint density at radius 3 is 2.72 bits per heavy atom. The highest BCUT2D eigenvalue weighted by Gasteiger charge is 2.13. The van der Waals surface area contributed by atoms with Crippen molar-refractivity contribution in [2.45, 2.75) is 9.92 Å². The first-order valence-corrected chi connectivity index (χ1v) is 6.86. The zero-order chi connectivity index (χ0) is 13.0. The average molecular weight is 326 g/mol. The van der Waals surface area contributed by atoms with E-state index in [2.05, 4.69) is 31.2 Å². The number of nitrogens with zero attached hydrogens (tertiary/aromatic N) is 2. The van der Waals surface area contributed by atoms with Crippen molar-refractivity contribution in [3.05, 3.63) is 35.1 Å². The molecule has 0 spiro atoms. The second kappa shape index (κ2) is 6.06. The third-order valence-electron chi connectivity index (χ3n) is 2.26. The van der Waals surface area contributed by atoms with Crippen molar-refractivity contribution < 1.29 is 4.74 Å². The van der Waals surface area contributed by atoms with Gasteiger partial charge >= 0.3 is 0 Å². The van der Waals surface area contributed by atoms with Gasteiger partial charge in [-0.2, -0.15) is 0 Å². The van der Waals surface area contributed by atoms with Crippen molar-refractivity contribution in [3.8, 4) is 5.75 Å². The van der Waals surface area contributed by atoms with Gasteiger partial charge in [-0.3, -0.25) is 0 Å². The lowest BCUT2D eigenvalue weighted by atomic mass is 10.4. The Kier molecular flexibility index (Phi) is 4.43. The van der Waals surface area contributed by atoms with E-state index < -0.39 is 0 Å². The molecule has 0 saturated carbocycles. The number of rotatable bonds is 4. The summed E-state index contributed by atoms with van der Waals surface area (Å²) in [5.74, 6) is 1.34. The summed E-state index contributed by atoms with van der Waals surface area (Å²) in [6.45, 7) is 0. The molecule has 4 nitrogen and oxygen atoms in total. The summed E-state index contributed by atoms with van der Waals surface area (Å²) in [5, 5.41) is 3.77. The van der Waals surface area contributed by atoms with E-state index in [9.17, 15) is 0 Å². The highest BCUT2D eigenvalue weighted by Crippen LogP contribution is 2.39. The molecule has 1 aromatic heterocycles. The predicted molar refractivity (Wildman–Crippen MR) is 76.4 cm³/mol. The number of anilines is 1. The van der Waals surface area contributed by atoms with Crippen molar-refractivity contribution in [1.82, 2.24) is 9.97 Å². The fourth-order valence-electron chi connectivity index (χ4n) is 1.42. The average Bonchev–Trinajstić information content (AvgIpc) is 2.41. The summed E-state index contributed by atoms with van der Waals surface area (Å²) in [6.07, 6.45) is 1.52. The van der Waals surface area contributed by atoms with Crippen molar-refractivity contribution >= 4 is 33.5 Å². The summed E-state index contributed by atoms with van der Waals surface area (Å²) in [6, 6.07) is 7.98. The molecule has 0 aliphatic rings. The molecule has 0 fully saturated rings. The number of nitrogens with one attached hydrogen (secondary N) is 1. The van der Waals surface area contributed by atoms with Gasteiger partial charge in [-0.15, -0.1) is 0 Å². The molecule has 2 aromatic rings. The van der Waals surface area contributed by atoms with Crippen LogP contribution in [0.15, 0.2) is 45.0 Å². The molecule has 0 aliphatic heterocycles. The Bertz CT molecular complexity index is 551. The largest absolute Gasteiger partial charge is 0.490 e. The minimum Gasteiger partial charge on any atom is -0.490 e. The number of aromatic nitrogens is 2. The molecule has 0 saturated heterocycles. The van der Waals surface area contributed by atoms with Crippen LogP contribution in [-0.2, 0) is 0 Å². The van der Waals surface area contributed by atoms with Crippen LogP contribution in [0.25, 0.3) is 0 Å². The first kappa shape index (κ1) is 13.2. The van der Waals surface area contributed by atoms with Crippen LogP contribution in [0.2, 0.25) is 0 Å². The quantitative estimate of drug-likeness (QED) is 0.872. The van der Waals surface area contributed by atoms with Crippen molar-refractivity contribution in [3.63, 3.8) is 0 Å². The van der Waals surface area contributed by atoms with E-state index in [4.69, 9.17) is 4.74 Å². The van der Waals surface area contributed by atoms with E-state index in [1.807, 2.05) is 24.3 Å². The molecule has 2 rings (SSSR count). The molecule has 0 aliphatic carbocycles. The maximum atomic E-state index is 5.36.